The van der Waals surface area contributed by atoms with Crippen molar-refractivity contribution in [3.8, 4) is 28.4 Å². The summed E-state index contributed by atoms with van der Waals surface area (Å²) >= 11 is 12.6. The Morgan fingerprint density at radius 2 is 1.75 bits per heavy atom. The van der Waals surface area contributed by atoms with Gasteiger partial charge in [-0.25, -0.2) is 4.68 Å². The number of carbonyl (C=O) groups excluding carboxylic acids is 1. The number of amides is 1. The Kier molecular flexibility index (Phi) is 7.87. The number of nitrogens with zero attached hydrogens (tertiary/aromatic N) is 2. The quantitative estimate of drug-likeness (QED) is 0.284. The van der Waals surface area contributed by atoms with E-state index in [2.05, 4.69) is 5.32 Å². The van der Waals surface area contributed by atoms with Crippen LogP contribution in [0.15, 0.2) is 66.9 Å². The molecule has 1 amide bonds. The van der Waals surface area contributed by atoms with E-state index in [0.29, 0.717) is 27.2 Å². The van der Waals surface area contributed by atoms with Crippen molar-refractivity contribution in [2.24, 2.45) is 0 Å². The van der Waals surface area contributed by atoms with E-state index in [1.165, 1.54) is 0 Å². The van der Waals surface area contributed by atoms with Crippen LogP contribution in [0.5, 0.6) is 11.5 Å². The van der Waals surface area contributed by atoms with Gasteiger partial charge in [-0.3, -0.25) is 4.79 Å². The monoisotopic (exact) mass is 523 g/mol. The summed E-state index contributed by atoms with van der Waals surface area (Å²) in [5, 5.41) is 8.94. The van der Waals surface area contributed by atoms with Gasteiger partial charge >= 0.3 is 0 Å². The largest absolute Gasteiger partial charge is 0.495 e. The summed E-state index contributed by atoms with van der Waals surface area (Å²) in [6, 6.07) is 18.9. The molecule has 0 bridgehead atoms. The molecule has 3 aromatic carbocycles. The maximum atomic E-state index is 12.9. The highest BCUT2D eigenvalue weighted by molar-refractivity contribution is 6.32. The Hall–Kier alpha value is -3.48. The van der Waals surface area contributed by atoms with E-state index in [1.54, 1.807) is 30.8 Å². The minimum atomic E-state index is -0.701. The van der Waals surface area contributed by atoms with Crippen LogP contribution >= 0.6 is 23.2 Å². The van der Waals surface area contributed by atoms with Crippen molar-refractivity contribution < 1.29 is 14.3 Å². The predicted octanol–water partition coefficient (Wildman–Crippen LogP) is 6.56. The fourth-order valence-electron chi connectivity index (χ4n) is 3.87. The van der Waals surface area contributed by atoms with Gasteiger partial charge in [-0.2, -0.15) is 5.10 Å². The third-order valence-electron chi connectivity index (χ3n) is 5.78. The van der Waals surface area contributed by atoms with Crippen molar-refractivity contribution >= 4 is 29.1 Å². The van der Waals surface area contributed by atoms with E-state index in [1.807, 2.05) is 68.6 Å². The molecule has 0 saturated heterocycles. The lowest BCUT2D eigenvalue weighted by molar-refractivity contribution is -0.127. The minimum absolute atomic E-state index is 0.244. The Morgan fingerprint density at radius 3 is 2.39 bits per heavy atom. The van der Waals surface area contributed by atoms with Gasteiger partial charge in [0.15, 0.2) is 6.10 Å². The van der Waals surface area contributed by atoms with E-state index in [4.69, 9.17) is 37.8 Å². The number of aryl methyl sites for hydroxylation is 2. The van der Waals surface area contributed by atoms with Gasteiger partial charge in [-0.1, -0.05) is 41.4 Å². The zero-order valence-electron chi connectivity index (χ0n) is 20.5. The van der Waals surface area contributed by atoms with Gasteiger partial charge in [-0.05, 0) is 74.4 Å². The smallest absolute Gasteiger partial charge is 0.261 e. The first-order valence-electron chi connectivity index (χ1n) is 11.5. The third kappa shape index (κ3) is 5.66. The average molecular weight is 524 g/mol. The second kappa shape index (κ2) is 11.1. The number of carbonyl (C=O) groups is 1. The Bertz CT molecular complexity index is 1360. The van der Waals surface area contributed by atoms with Crippen molar-refractivity contribution in [3.63, 3.8) is 0 Å². The highest BCUT2D eigenvalue weighted by Gasteiger charge is 2.19. The van der Waals surface area contributed by atoms with Crippen LogP contribution < -0.4 is 14.8 Å². The molecule has 1 aromatic heterocycles. The van der Waals surface area contributed by atoms with E-state index < -0.39 is 6.10 Å². The molecule has 0 fully saturated rings. The Morgan fingerprint density at radius 1 is 1.06 bits per heavy atom. The fraction of sp³-hybridized carbons (Fsp3) is 0.214. The lowest BCUT2D eigenvalue weighted by Gasteiger charge is -2.16. The molecule has 1 heterocycles. The van der Waals surface area contributed by atoms with Crippen LogP contribution in [0.4, 0.5) is 0 Å². The van der Waals surface area contributed by atoms with Crippen molar-refractivity contribution in [3.05, 3.63) is 93.6 Å². The van der Waals surface area contributed by atoms with Gasteiger partial charge in [-0.15, -0.1) is 0 Å². The van der Waals surface area contributed by atoms with Crippen LogP contribution in [-0.4, -0.2) is 28.9 Å². The molecule has 1 atom stereocenters. The van der Waals surface area contributed by atoms with E-state index in [9.17, 15) is 4.79 Å². The summed E-state index contributed by atoms with van der Waals surface area (Å²) in [5.41, 5.74) is 5.06. The molecule has 186 valence electrons. The molecule has 0 aliphatic rings. The molecular weight excluding hydrogens is 497 g/mol. The standard InChI is InChI=1S/C28H27Cl2N3O3/c1-17-12-23(13-18(2)26(17)30)36-19(3)28(34)31-15-21-16-33(22-8-6-5-7-9-22)32-27(21)20-10-11-25(35-4)24(29)14-20/h5-14,16,19H,15H2,1-4H3,(H,31,34). The first-order chi connectivity index (χ1) is 17.3. The number of rotatable bonds is 8. The lowest BCUT2D eigenvalue weighted by Crippen LogP contribution is -2.36. The number of methoxy groups -OCH3 is 1. The van der Waals surface area contributed by atoms with Crippen molar-refractivity contribution in [1.29, 1.82) is 0 Å². The summed E-state index contributed by atoms with van der Waals surface area (Å²) in [7, 11) is 1.57. The number of ether oxygens (including phenoxy) is 2. The topological polar surface area (TPSA) is 65.4 Å². The molecule has 6 nitrogen and oxygen atoms in total. The molecule has 1 unspecified atom stereocenters. The van der Waals surface area contributed by atoms with Crippen molar-refractivity contribution in [1.82, 2.24) is 15.1 Å². The SMILES string of the molecule is COc1ccc(-c2nn(-c3ccccc3)cc2CNC(=O)C(C)Oc2cc(C)c(Cl)c(C)c2)cc1Cl. The van der Waals surface area contributed by atoms with Crippen LogP contribution in [0.3, 0.4) is 0 Å². The molecular formula is C28H27Cl2N3O3. The molecule has 36 heavy (non-hydrogen) atoms. The first kappa shape index (κ1) is 25.6. The van der Waals surface area contributed by atoms with Gasteiger partial charge in [0, 0.05) is 28.9 Å². The number of nitrogens with one attached hydrogen (secondary N) is 1. The molecule has 0 saturated carbocycles. The summed E-state index contributed by atoms with van der Waals surface area (Å²) in [6.45, 7) is 5.79. The summed E-state index contributed by atoms with van der Waals surface area (Å²) < 4.78 is 13.0. The lowest BCUT2D eigenvalue weighted by atomic mass is 10.1. The highest BCUT2D eigenvalue weighted by Crippen LogP contribution is 2.32. The van der Waals surface area contributed by atoms with Gasteiger partial charge in [0.2, 0.25) is 0 Å². The number of hydrogen-bond donors (Lipinski definition) is 1. The van der Waals surface area contributed by atoms with Crippen LogP contribution in [0, 0.1) is 13.8 Å². The molecule has 8 heteroatoms. The van der Waals surface area contributed by atoms with Gasteiger partial charge in [0.25, 0.3) is 5.91 Å². The molecule has 0 aliphatic heterocycles. The Labute approximate surface area is 220 Å². The zero-order chi connectivity index (χ0) is 25.8. The normalized spacial score (nSPS) is 11.7. The number of hydrogen-bond acceptors (Lipinski definition) is 4. The fourth-order valence-corrected chi connectivity index (χ4v) is 4.23. The molecule has 0 radical (unpaired) electrons. The third-order valence-corrected chi connectivity index (χ3v) is 6.67. The zero-order valence-corrected chi connectivity index (χ0v) is 22.0. The van der Waals surface area contributed by atoms with E-state index >= 15 is 0 Å². The number of benzene rings is 3. The van der Waals surface area contributed by atoms with Crippen LogP contribution in [-0.2, 0) is 11.3 Å². The number of aromatic nitrogens is 2. The molecule has 0 aliphatic carbocycles. The molecule has 0 spiro atoms. The summed E-state index contributed by atoms with van der Waals surface area (Å²) in [4.78, 5) is 12.9. The molecule has 4 aromatic rings. The van der Waals surface area contributed by atoms with E-state index in [0.717, 1.165) is 27.9 Å². The van der Waals surface area contributed by atoms with Crippen LogP contribution in [0.25, 0.3) is 16.9 Å². The van der Waals surface area contributed by atoms with Crippen molar-refractivity contribution in [2.45, 2.75) is 33.4 Å². The van der Waals surface area contributed by atoms with Gasteiger partial charge in [0.1, 0.15) is 11.5 Å². The predicted molar refractivity (Wildman–Crippen MR) is 143 cm³/mol. The maximum Gasteiger partial charge on any atom is 0.261 e. The second-order valence-corrected chi connectivity index (χ2v) is 9.27. The molecule has 1 N–H and O–H groups in total. The first-order valence-corrected chi connectivity index (χ1v) is 12.2. The molecule has 4 rings (SSSR count). The average Bonchev–Trinajstić information content (AvgIpc) is 3.30. The number of halogens is 2. The second-order valence-electron chi connectivity index (χ2n) is 8.48. The number of para-hydroxylation sites is 1. The maximum absolute atomic E-state index is 12.9. The van der Waals surface area contributed by atoms with Gasteiger partial charge < -0.3 is 14.8 Å². The van der Waals surface area contributed by atoms with Crippen molar-refractivity contribution in [2.75, 3.05) is 7.11 Å². The minimum Gasteiger partial charge on any atom is -0.495 e. The summed E-state index contributed by atoms with van der Waals surface area (Å²) in [5.74, 6) is 0.936. The Balaban J connectivity index is 1.56. The van der Waals surface area contributed by atoms with Gasteiger partial charge in [0.05, 0.1) is 23.5 Å². The van der Waals surface area contributed by atoms with E-state index in [-0.39, 0.29) is 12.5 Å². The highest BCUT2D eigenvalue weighted by atomic mass is 35.5. The van der Waals surface area contributed by atoms with Crippen LogP contribution in [0.1, 0.15) is 23.6 Å². The summed E-state index contributed by atoms with van der Waals surface area (Å²) in [6.07, 6.45) is 1.20. The van der Waals surface area contributed by atoms with Crippen LogP contribution in [0.2, 0.25) is 10.0 Å².